The lowest BCUT2D eigenvalue weighted by atomic mass is 9.79. The Kier molecular flexibility index (Phi) is 2.64. The largest absolute Gasteiger partial charge is 0.299 e. The van der Waals surface area contributed by atoms with Gasteiger partial charge in [-0.2, -0.15) is 0 Å². The first kappa shape index (κ1) is 10.1. The van der Waals surface area contributed by atoms with Crippen molar-refractivity contribution in [2.24, 2.45) is 11.8 Å². The minimum atomic E-state index is -2.81. The molecule has 1 saturated heterocycles. The summed E-state index contributed by atoms with van der Waals surface area (Å²) in [5, 5.41) is 0. The Hall–Kier alpha value is -0.380. The van der Waals surface area contributed by atoms with E-state index in [2.05, 4.69) is 0 Å². The zero-order valence-corrected chi connectivity index (χ0v) is 9.05. The summed E-state index contributed by atoms with van der Waals surface area (Å²) in [6.45, 7) is 0. The number of carbonyl (C=O) groups excluding carboxylic acids is 1. The maximum atomic E-state index is 11.6. The molecule has 1 saturated carbocycles. The van der Waals surface area contributed by atoms with Gasteiger partial charge < -0.3 is 0 Å². The van der Waals surface area contributed by atoms with Gasteiger partial charge in [-0.15, -0.1) is 0 Å². The number of rotatable bonds is 3. The fourth-order valence-electron chi connectivity index (χ4n) is 2.21. The predicted molar refractivity (Wildman–Crippen MR) is 53.7 cm³/mol. The minimum absolute atomic E-state index is 0.119. The maximum absolute atomic E-state index is 11.6. The Labute approximate surface area is 84.8 Å². The van der Waals surface area contributed by atoms with E-state index in [4.69, 9.17) is 0 Å². The molecule has 0 aromatic rings. The van der Waals surface area contributed by atoms with Crippen molar-refractivity contribution in [1.82, 2.24) is 0 Å². The maximum Gasteiger partial charge on any atom is 0.150 e. The summed E-state index contributed by atoms with van der Waals surface area (Å²) >= 11 is 0. The molecule has 2 fully saturated rings. The first-order valence-corrected chi connectivity index (χ1v) is 7.12. The van der Waals surface area contributed by atoms with E-state index in [0.717, 1.165) is 12.8 Å². The molecule has 0 aromatic carbocycles. The van der Waals surface area contributed by atoms with Crippen LogP contribution in [0.2, 0.25) is 0 Å². The van der Waals surface area contributed by atoms with E-state index < -0.39 is 9.84 Å². The van der Waals surface area contributed by atoms with Crippen molar-refractivity contribution in [1.29, 1.82) is 0 Å². The van der Waals surface area contributed by atoms with Crippen molar-refractivity contribution < 1.29 is 13.2 Å². The fourth-order valence-corrected chi connectivity index (χ4v) is 4.08. The van der Waals surface area contributed by atoms with Crippen molar-refractivity contribution in [2.45, 2.75) is 32.1 Å². The predicted octanol–water partition coefficient (Wildman–Crippen LogP) is 1.18. The summed E-state index contributed by atoms with van der Waals surface area (Å²) in [4.78, 5) is 11.6. The van der Waals surface area contributed by atoms with Gasteiger partial charge in [0.2, 0.25) is 0 Å². The van der Waals surface area contributed by atoms with E-state index in [0.29, 0.717) is 18.6 Å². The summed E-state index contributed by atoms with van der Waals surface area (Å²) in [6, 6.07) is 0. The van der Waals surface area contributed by atoms with Crippen LogP contribution in [0.25, 0.3) is 0 Å². The normalized spacial score (nSPS) is 31.3. The van der Waals surface area contributed by atoms with Gasteiger partial charge in [-0.1, -0.05) is 6.42 Å². The van der Waals surface area contributed by atoms with E-state index in [1.165, 1.54) is 6.42 Å². The molecule has 2 aliphatic rings. The molecular weight excluding hydrogens is 200 g/mol. The van der Waals surface area contributed by atoms with E-state index in [1.807, 2.05) is 0 Å². The monoisotopic (exact) mass is 216 g/mol. The second kappa shape index (κ2) is 3.65. The van der Waals surface area contributed by atoms with E-state index in [9.17, 15) is 13.2 Å². The summed E-state index contributed by atoms with van der Waals surface area (Å²) < 4.78 is 22.3. The lowest BCUT2D eigenvalue weighted by Crippen LogP contribution is -2.24. The second-order valence-electron chi connectivity index (χ2n) is 4.57. The van der Waals surface area contributed by atoms with Gasteiger partial charge in [0.25, 0.3) is 0 Å². The van der Waals surface area contributed by atoms with Crippen molar-refractivity contribution >= 4 is 15.6 Å². The van der Waals surface area contributed by atoms with Gasteiger partial charge in [-0.25, -0.2) is 8.42 Å². The zero-order chi connectivity index (χ0) is 10.2. The highest BCUT2D eigenvalue weighted by Gasteiger charge is 2.32. The number of sulfone groups is 1. The molecule has 2 rings (SSSR count). The topological polar surface area (TPSA) is 51.2 Å². The number of hydrogen-bond donors (Lipinski definition) is 0. The van der Waals surface area contributed by atoms with Crippen LogP contribution in [-0.2, 0) is 14.6 Å². The molecule has 14 heavy (non-hydrogen) atoms. The van der Waals surface area contributed by atoms with Crippen molar-refractivity contribution in [3.63, 3.8) is 0 Å². The molecule has 0 aromatic heterocycles. The van der Waals surface area contributed by atoms with Crippen LogP contribution in [0.5, 0.6) is 0 Å². The van der Waals surface area contributed by atoms with Gasteiger partial charge in [0.1, 0.15) is 5.78 Å². The molecule has 1 heterocycles. The molecule has 0 spiro atoms. The Morgan fingerprint density at radius 1 is 1.21 bits per heavy atom. The van der Waals surface area contributed by atoms with Gasteiger partial charge in [-0.3, -0.25) is 4.79 Å². The van der Waals surface area contributed by atoms with E-state index in [1.54, 1.807) is 0 Å². The zero-order valence-electron chi connectivity index (χ0n) is 8.24. The molecule has 0 N–H and O–H groups in total. The van der Waals surface area contributed by atoms with Crippen LogP contribution in [0.15, 0.2) is 0 Å². The summed E-state index contributed by atoms with van der Waals surface area (Å²) in [7, 11) is -2.81. The SMILES string of the molecule is O=C(CC1CCS(=O)(=O)C1)C1CCC1. The fraction of sp³-hybridized carbons (Fsp3) is 0.900. The van der Waals surface area contributed by atoms with Crippen LogP contribution in [-0.4, -0.2) is 25.7 Å². The summed E-state index contributed by atoms with van der Waals surface area (Å²) in [6.07, 6.45) is 4.42. The smallest absolute Gasteiger partial charge is 0.150 e. The Bertz CT molecular complexity index is 327. The third-order valence-electron chi connectivity index (χ3n) is 3.38. The van der Waals surface area contributed by atoms with Crippen LogP contribution in [0, 0.1) is 11.8 Å². The van der Waals surface area contributed by atoms with E-state index >= 15 is 0 Å². The van der Waals surface area contributed by atoms with Crippen molar-refractivity contribution in [2.75, 3.05) is 11.5 Å². The molecule has 1 aliphatic heterocycles. The lowest BCUT2D eigenvalue weighted by Gasteiger charge is -2.24. The molecule has 0 amide bonds. The highest BCUT2D eigenvalue weighted by atomic mass is 32.2. The van der Waals surface area contributed by atoms with Gasteiger partial charge in [-0.05, 0) is 25.2 Å². The average Bonchev–Trinajstić information content (AvgIpc) is 2.25. The molecule has 80 valence electrons. The highest BCUT2D eigenvalue weighted by Crippen LogP contribution is 2.31. The Morgan fingerprint density at radius 2 is 1.93 bits per heavy atom. The molecule has 0 bridgehead atoms. The van der Waals surface area contributed by atoms with Gasteiger partial charge in [0.15, 0.2) is 9.84 Å². The average molecular weight is 216 g/mol. The quantitative estimate of drug-likeness (QED) is 0.712. The number of hydrogen-bond acceptors (Lipinski definition) is 3. The number of Topliss-reactive ketones (excluding diaryl/α,β-unsaturated/α-hetero) is 1. The van der Waals surface area contributed by atoms with Crippen LogP contribution in [0.3, 0.4) is 0 Å². The lowest BCUT2D eigenvalue weighted by molar-refractivity contribution is -0.125. The third-order valence-corrected chi connectivity index (χ3v) is 5.21. The molecule has 1 atom stereocenters. The standard InChI is InChI=1S/C10H16O3S/c11-10(9-2-1-3-9)6-8-4-5-14(12,13)7-8/h8-9H,1-7H2. The van der Waals surface area contributed by atoms with Crippen molar-refractivity contribution in [3.8, 4) is 0 Å². The molecule has 1 unspecified atom stereocenters. The van der Waals surface area contributed by atoms with Crippen LogP contribution in [0.4, 0.5) is 0 Å². The third kappa shape index (κ3) is 2.16. The van der Waals surface area contributed by atoms with E-state index in [-0.39, 0.29) is 23.3 Å². The molecule has 1 aliphatic carbocycles. The Balaban J connectivity index is 1.84. The highest BCUT2D eigenvalue weighted by molar-refractivity contribution is 7.91. The summed E-state index contributed by atoms with van der Waals surface area (Å²) in [5.74, 6) is 1.21. The first-order valence-electron chi connectivity index (χ1n) is 5.30. The first-order chi connectivity index (χ1) is 6.57. The molecule has 3 nitrogen and oxygen atoms in total. The van der Waals surface area contributed by atoms with Crippen molar-refractivity contribution in [3.05, 3.63) is 0 Å². The molecule has 0 radical (unpaired) electrons. The van der Waals surface area contributed by atoms with Crippen LogP contribution >= 0.6 is 0 Å². The number of carbonyl (C=O) groups is 1. The molecule has 4 heteroatoms. The van der Waals surface area contributed by atoms with Gasteiger partial charge >= 0.3 is 0 Å². The van der Waals surface area contributed by atoms with Gasteiger partial charge in [0.05, 0.1) is 11.5 Å². The molecular formula is C10H16O3S. The van der Waals surface area contributed by atoms with Crippen LogP contribution < -0.4 is 0 Å². The Morgan fingerprint density at radius 3 is 2.36 bits per heavy atom. The number of ketones is 1. The minimum Gasteiger partial charge on any atom is -0.299 e. The second-order valence-corrected chi connectivity index (χ2v) is 6.80. The van der Waals surface area contributed by atoms with Crippen LogP contribution in [0.1, 0.15) is 32.1 Å². The summed E-state index contributed by atoms with van der Waals surface area (Å²) in [5.41, 5.74) is 0. The van der Waals surface area contributed by atoms with Gasteiger partial charge in [0, 0.05) is 12.3 Å².